The summed E-state index contributed by atoms with van der Waals surface area (Å²) in [6, 6.07) is 20.0. The molecule has 0 amide bonds. The minimum absolute atomic E-state index is 0.0624. The number of nitrogens with zero attached hydrogens (tertiary/aromatic N) is 1. The number of carbonyl (C=O) groups is 1. The number of carboxylic acid groups (broad SMARTS) is 1. The van der Waals surface area contributed by atoms with Crippen LogP contribution in [0.3, 0.4) is 0 Å². The normalized spacial score (nSPS) is 11.1. The smallest absolute Gasteiger partial charge is 0.305 e. The van der Waals surface area contributed by atoms with Crippen molar-refractivity contribution >= 4 is 27.8 Å². The molecule has 4 rings (SSSR count). The van der Waals surface area contributed by atoms with Crippen LogP contribution in [0.1, 0.15) is 19.3 Å². The highest BCUT2D eigenvalue weighted by Crippen LogP contribution is 2.31. The number of halogens is 1. The van der Waals surface area contributed by atoms with E-state index in [1.165, 1.54) is 12.1 Å². The maximum atomic E-state index is 12.9. The number of aryl methyl sites for hydroxylation is 1. The lowest BCUT2D eigenvalue weighted by atomic mass is 10.1. The zero-order valence-electron chi connectivity index (χ0n) is 17.1. The predicted molar refractivity (Wildman–Crippen MR) is 118 cm³/mol. The fourth-order valence-corrected chi connectivity index (χ4v) is 3.68. The minimum atomic E-state index is -0.818. The van der Waals surface area contributed by atoms with E-state index < -0.39 is 5.97 Å². The Morgan fingerprint density at radius 1 is 0.839 bits per heavy atom. The van der Waals surface area contributed by atoms with Crippen LogP contribution >= 0.6 is 0 Å². The van der Waals surface area contributed by atoms with Crippen molar-refractivity contribution in [1.82, 2.24) is 4.57 Å². The first-order valence-corrected chi connectivity index (χ1v) is 10.4. The first-order chi connectivity index (χ1) is 15.1. The number of aliphatic carboxylic acids is 1. The number of fused-ring (bicyclic) bond motifs is 3. The molecule has 1 heterocycles. The Bertz CT molecular complexity index is 1180. The van der Waals surface area contributed by atoms with Gasteiger partial charge < -0.3 is 19.1 Å². The molecule has 0 radical (unpaired) electrons. The van der Waals surface area contributed by atoms with E-state index in [0.717, 1.165) is 40.4 Å². The number of aromatic nitrogens is 1. The second-order valence-corrected chi connectivity index (χ2v) is 7.35. The maximum Gasteiger partial charge on any atom is 0.305 e. The van der Waals surface area contributed by atoms with E-state index in [0.29, 0.717) is 25.5 Å². The van der Waals surface area contributed by atoms with E-state index in [9.17, 15) is 9.18 Å². The molecule has 5 nitrogen and oxygen atoms in total. The highest BCUT2D eigenvalue weighted by Gasteiger charge is 2.12. The molecule has 1 N–H and O–H groups in total. The van der Waals surface area contributed by atoms with E-state index in [-0.39, 0.29) is 12.2 Å². The van der Waals surface area contributed by atoms with Crippen molar-refractivity contribution in [3.8, 4) is 11.5 Å². The summed E-state index contributed by atoms with van der Waals surface area (Å²) in [4.78, 5) is 11.1. The van der Waals surface area contributed by atoms with Gasteiger partial charge in [0.05, 0.1) is 25.2 Å². The highest BCUT2D eigenvalue weighted by atomic mass is 19.1. The quantitative estimate of drug-likeness (QED) is 0.336. The van der Waals surface area contributed by atoms with Gasteiger partial charge in [-0.2, -0.15) is 0 Å². The summed E-state index contributed by atoms with van der Waals surface area (Å²) in [6.45, 7) is 1.49. The molecular weight excluding hydrogens is 397 g/mol. The summed E-state index contributed by atoms with van der Waals surface area (Å²) in [5.74, 6) is 0.314. The molecule has 0 saturated heterocycles. The van der Waals surface area contributed by atoms with Crippen LogP contribution < -0.4 is 9.47 Å². The molecule has 0 atom stereocenters. The largest absolute Gasteiger partial charge is 0.494 e. The van der Waals surface area contributed by atoms with Crippen LogP contribution in [-0.4, -0.2) is 28.9 Å². The molecule has 4 aromatic rings. The van der Waals surface area contributed by atoms with E-state index in [4.69, 9.17) is 14.6 Å². The van der Waals surface area contributed by atoms with Crippen LogP contribution in [0.15, 0.2) is 66.7 Å². The predicted octanol–water partition coefficient (Wildman–Crippen LogP) is 5.65. The summed E-state index contributed by atoms with van der Waals surface area (Å²) >= 11 is 0. The Morgan fingerprint density at radius 2 is 1.48 bits per heavy atom. The zero-order chi connectivity index (χ0) is 21.6. The van der Waals surface area contributed by atoms with E-state index >= 15 is 0 Å². The maximum absolute atomic E-state index is 12.9. The fourth-order valence-electron chi connectivity index (χ4n) is 3.68. The first-order valence-electron chi connectivity index (χ1n) is 10.4. The summed E-state index contributed by atoms with van der Waals surface area (Å²) < 4.78 is 26.5. The number of hydrogen-bond donors (Lipinski definition) is 1. The van der Waals surface area contributed by atoms with Crippen molar-refractivity contribution in [2.75, 3.05) is 13.2 Å². The second-order valence-electron chi connectivity index (χ2n) is 7.35. The van der Waals surface area contributed by atoms with Crippen LogP contribution in [0.2, 0.25) is 0 Å². The standard InChI is InChI=1S/C25H24FNO4/c26-18-7-9-19(10-8-18)30-15-3-4-16-31-20-11-12-22-21-5-1-2-6-23(21)27(24(22)17-20)14-13-25(28)29/h1-2,5-12,17H,3-4,13-16H2,(H,28,29). The summed E-state index contributed by atoms with van der Waals surface area (Å²) in [7, 11) is 0. The second kappa shape index (κ2) is 9.51. The Kier molecular flexibility index (Phi) is 6.36. The van der Waals surface area contributed by atoms with Crippen LogP contribution in [0, 0.1) is 5.82 Å². The van der Waals surface area contributed by atoms with Gasteiger partial charge in [0.15, 0.2) is 0 Å². The lowest BCUT2D eigenvalue weighted by molar-refractivity contribution is -0.137. The number of rotatable bonds is 10. The molecule has 0 bridgehead atoms. The van der Waals surface area contributed by atoms with Gasteiger partial charge >= 0.3 is 5.97 Å². The lowest BCUT2D eigenvalue weighted by Crippen LogP contribution is -2.05. The third-order valence-electron chi connectivity index (χ3n) is 5.18. The van der Waals surface area contributed by atoms with Gasteiger partial charge in [0.2, 0.25) is 0 Å². The molecule has 0 saturated carbocycles. The number of ether oxygens (including phenoxy) is 2. The summed E-state index contributed by atoms with van der Waals surface area (Å²) in [6.07, 6.45) is 1.70. The number of para-hydroxylation sites is 1. The van der Waals surface area contributed by atoms with Gasteiger partial charge in [0.1, 0.15) is 17.3 Å². The van der Waals surface area contributed by atoms with Crippen LogP contribution in [0.25, 0.3) is 21.8 Å². The molecule has 6 heteroatoms. The third kappa shape index (κ3) is 4.97. The first kappa shape index (κ1) is 20.7. The molecule has 31 heavy (non-hydrogen) atoms. The monoisotopic (exact) mass is 421 g/mol. The van der Waals surface area contributed by atoms with Crippen LogP contribution in [-0.2, 0) is 11.3 Å². The molecule has 0 aliphatic rings. The van der Waals surface area contributed by atoms with Gasteiger partial charge in [0.25, 0.3) is 0 Å². The van der Waals surface area contributed by atoms with Crippen molar-refractivity contribution in [1.29, 1.82) is 0 Å². The topological polar surface area (TPSA) is 60.7 Å². The van der Waals surface area contributed by atoms with Crippen molar-refractivity contribution in [3.05, 3.63) is 72.5 Å². The SMILES string of the molecule is O=C(O)CCn1c2ccccc2c2ccc(OCCCCOc3ccc(F)cc3)cc21. The molecular formula is C25H24FNO4. The number of carboxylic acids is 1. The highest BCUT2D eigenvalue weighted by molar-refractivity contribution is 6.08. The van der Waals surface area contributed by atoms with E-state index in [1.807, 2.05) is 41.0 Å². The molecule has 160 valence electrons. The Balaban J connectivity index is 1.38. The average Bonchev–Trinajstić information content (AvgIpc) is 3.09. The molecule has 0 aliphatic heterocycles. The zero-order valence-corrected chi connectivity index (χ0v) is 17.1. The van der Waals surface area contributed by atoms with Crippen LogP contribution in [0.4, 0.5) is 4.39 Å². The Hall–Kier alpha value is -3.54. The van der Waals surface area contributed by atoms with Crippen LogP contribution in [0.5, 0.6) is 11.5 Å². The van der Waals surface area contributed by atoms with Gasteiger partial charge in [-0.1, -0.05) is 18.2 Å². The molecule has 0 spiro atoms. The van der Waals surface area contributed by atoms with Gasteiger partial charge in [-0.3, -0.25) is 4.79 Å². The third-order valence-corrected chi connectivity index (χ3v) is 5.18. The van der Waals surface area contributed by atoms with Crippen molar-refractivity contribution < 1.29 is 23.8 Å². The molecule has 1 aromatic heterocycles. The molecule has 0 fully saturated rings. The van der Waals surface area contributed by atoms with E-state index in [1.54, 1.807) is 12.1 Å². The Labute approximate surface area is 179 Å². The van der Waals surface area contributed by atoms with Crippen molar-refractivity contribution in [2.24, 2.45) is 0 Å². The number of benzene rings is 3. The van der Waals surface area contributed by atoms with Gasteiger partial charge in [-0.25, -0.2) is 4.39 Å². The molecule has 3 aromatic carbocycles. The van der Waals surface area contributed by atoms with Gasteiger partial charge in [-0.15, -0.1) is 0 Å². The lowest BCUT2D eigenvalue weighted by Gasteiger charge is -2.09. The molecule has 0 unspecified atom stereocenters. The Morgan fingerprint density at radius 3 is 2.23 bits per heavy atom. The summed E-state index contributed by atoms with van der Waals surface area (Å²) in [5, 5.41) is 11.3. The van der Waals surface area contributed by atoms with Gasteiger partial charge in [0, 0.05) is 28.9 Å². The average molecular weight is 421 g/mol. The summed E-state index contributed by atoms with van der Waals surface area (Å²) in [5.41, 5.74) is 1.99. The molecule has 0 aliphatic carbocycles. The minimum Gasteiger partial charge on any atom is -0.494 e. The number of hydrogen-bond acceptors (Lipinski definition) is 3. The van der Waals surface area contributed by atoms with Crippen molar-refractivity contribution in [3.63, 3.8) is 0 Å². The van der Waals surface area contributed by atoms with E-state index in [2.05, 4.69) is 6.07 Å². The fraction of sp³-hybridized carbons (Fsp3) is 0.240. The number of unbranched alkanes of at least 4 members (excludes halogenated alkanes) is 1. The van der Waals surface area contributed by atoms with Crippen molar-refractivity contribution in [2.45, 2.75) is 25.8 Å². The van der Waals surface area contributed by atoms with Gasteiger partial charge in [-0.05, 0) is 55.3 Å².